The summed E-state index contributed by atoms with van der Waals surface area (Å²) in [5, 5.41) is 14.1. The van der Waals surface area contributed by atoms with Crippen molar-refractivity contribution in [3.05, 3.63) is 53.2 Å². The summed E-state index contributed by atoms with van der Waals surface area (Å²) in [5.41, 5.74) is -0.255. The minimum Gasteiger partial charge on any atom is -0.390 e. The average molecular weight is 447 g/mol. The first kappa shape index (κ1) is 20.0. The molecule has 2 atom stereocenters. The van der Waals surface area contributed by atoms with Gasteiger partial charge in [-0.15, -0.1) is 0 Å². The van der Waals surface area contributed by atoms with Gasteiger partial charge >= 0.3 is 0 Å². The fourth-order valence-electron chi connectivity index (χ4n) is 5.90. The van der Waals surface area contributed by atoms with E-state index in [2.05, 4.69) is 10.3 Å². The number of aliphatic hydroxyl groups is 1. The number of nitrogens with zero attached hydrogens (tertiary/aromatic N) is 1. The molecule has 2 N–H and O–H groups in total. The van der Waals surface area contributed by atoms with Gasteiger partial charge in [-0.2, -0.15) is 0 Å². The van der Waals surface area contributed by atoms with E-state index in [9.17, 15) is 18.3 Å². The second-order valence-electron chi connectivity index (χ2n) is 9.04. The third kappa shape index (κ3) is 3.43. The van der Waals surface area contributed by atoms with E-state index in [1.54, 1.807) is 12.1 Å². The minimum atomic E-state index is -3.85. The fourth-order valence-corrected chi connectivity index (χ4v) is 7.23. The van der Waals surface area contributed by atoms with Gasteiger partial charge in [-0.05, 0) is 80.2 Å². The number of benzene rings is 1. The molecule has 30 heavy (non-hydrogen) atoms. The molecule has 1 amide bonds. The van der Waals surface area contributed by atoms with E-state index >= 15 is 0 Å². The highest BCUT2D eigenvalue weighted by Gasteiger charge is 2.55. The first-order chi connectivity index (χ1) is 14.2. The quantitative estimate of drug-likeness (QED) is 0.751. The Morgan fingerprint density at radius 3 is 2.50 bits per heavy atom. The maximum Gasteiger partial charge on any atom is 0.251 e. The molecule has 2 aromatic rings. The lowest BCUT2D eigenvalue weighted by Gasteiger charge is -2.58. The highest BCUT2D eigenvalue weighted by molar-refractivity contribution is 7.91. The molecule has 0 radical (unpaired) electrons. The number of halogens is 1. The first-order valence-corrected chi connectivity index (χ1v) is 12.1. The van der Waals surface area contributed by atoms with Crippen molar-refractivity contribution in [3.8, 4) is 0 Å². The molecule has 8 heteroatoms. The Bertz CT molecular complexity index is 1090. The van der Waals surface area contributed by atoms with Gasteiger partial charge in [0.1, 0.15) is 0 Å². The molecule has 2 unspecified atom stereocenters. The minimum absolute atomic E-state index is 0.0179. The number of hydrogen-bond acceptors (Lipinski definition) is 5. The van der Waals surface area contributed by atoms with Crippen molar-refractivity contribution >= 4 is 27.3 Å². The van der Waals surface area contributed by atoms with Gasteiger partial charge in [-0.1, -0.05) is 17.7 Å². The van der Waals surface area contributed by atoms with Crippen molar-refractivity contribution in [1.82, 2.24) is 10.3 Å². The summed E-state index contributed by atoms with van der Waals surface area (Å²) in [7, 11) is -3.85. The number of carbonyl (C=O) groups is 1. The number of pyridine rings is 1. The number of aromatic nitrogens is 1. The second kappa shape index (κ2) is 7.04. The Hall–Kier alpha value is -1.96. The zero-order valence-corrected chi connectivity index (χ0v) is 17.9. The highest BCUT2D eigenvalue weighted by Crippen LogP contribution is 2.55. The normalized spacial score (nSPS) is 32.2. The number of amides is 1. The van der Waals surface area contributed by atoms with Crippen LogP contribution in [0, 0.1) is 17.8 Å². The Balaban J connectivity index is 1.37. The van der Waals surface area contributed by atoms with E-state index in [0.29, 0.717) is 16.5 Å². The molecular formula is C22H23ClN2O4S. The van der Waals surface area contributed by atoms with Gasteiger partial charge in [0.05, 0.1) is 15.5 Å². The van der Waals surface area contributed by atoms with E-state index in [1.165, 1.54) is 30.5 Å². The molecule has 4 aliphatic rings. The zero-order valence-electron chi connectivity index (χ0n) is 16.3. The lowest BCUT2D eigenvalue weighted by Crippen LogP contribution is -2.61. The van der Waals surface area contributed by atoms with Crippen LogP contribution in [-0.2, 0) is 9.84 Å². The summed E-state index contributed by atoms with van der Waals surface area (Å²) in [6, 6.07) is 8.89. The van der Waals surface area contributed by atoms with E-state index in [4.69, 9.17) is 11.6 Å². The van der Waals surface area contributed by atoms with E-state index in [1.807, 2.05) is 0 Å². The Kier molecular flexibility index (Phi) is 4.69. The first-order valence-electron chi connectivity index (χ1n) is 10.2. The van der Waals surface area contributed by atoms with Crippen LogP contribution in [0.25, 0.3) is 0 Å². The highest BCUT2D eigenvalue weighted by atomic mass is 35.5. The summed E-state index contributed by atoms with van der Waals surface area (Å²) < 4.78 is 25.8. The Morgan fingerprint density at radius 2 is 1.87 bits per heavy atom. The Labute approximate surface area is 180 Å². The van der Waals surface area contributed by atoms with E-state index < -0.39 is 15.4 Å². The molecule has 4 aliphatic carbocycles. The molecule has 0 spiro atoms. The van der Waals surface area contributed by atoms with Crippen molar-refractivity contribution < 1.29 is 18.3 Å². The third-order valence-electron chi connectivity index (χ3n) is 6.92. The third-order valence-corrected chi connectivity index (χ3v) is 8.81. The summed E-state index contributed by atoms with van der Waals surface area (Å²) in [6.45, 7) is 0. The maximum atomic E-state index is 13.0. The zero-order chi connectivity index (χ0) is 21.1. The van der Waals surface area contributed by atoms with Gasteiger partial charge in [0.2, 0.25) is 9.84 Å². The predicted octanol–water partition coefficient (Wildman–Crippen LogP) is 3.24. The van der Waals surface area contributed by atoms with Crippen LogP contribution in [0.15, 0.2) is 52.5 Å². The predicted molar refractivity (Wildman–Crippen MR) is 111 cm³/mol. The number of carbonyl (C=O) groups excluding carboxylic acids is 1. The van der Waals surface area contributed by atoms with Crippen molar-refractivity contribution in [2.24, 2.45) is 17.8 Å². The fraction of sp³-hybridized carbons (Fsp3) is 0.455. The van der Waals surface area contributed by atoms with Crippen LogP contribution < -0.4 is 5.32 Å². The van der Waals surface area contributed by atoms with Crippen molar-refractivity contribution in [2.45, 2.75) is 53.7 Å². The molecule has 4 fully saturated rings. The van der Waals surface area contributed by atoms with Crippen molar-refractivity contribution in [1.29, 1.82) is 0 Å². The van der Waals surface area contributed by atoms with Crippen molar-refractivity contribution in [2.75, 3.05) is 0 Å². The SMILES string of the molecule is O=C(NC1C2CC3CC1CC(O)(C3)C2)c1cccc(S(=O)(=O)c2ccc(Cl)cn2)c1. The monoisotopic (exact) mass is 446 g/mol. The van der Waals surface area contributed by atoms with Crippen molar-refractivity contribution in [3.63, 3.8) is 0 Å². The molecule has 4 bridgehead atoms. The number of rotatable bonds is 4. The molecule has 0 saturated heterocycles. The lowest BCUT2D eigenvalue weighted by molar-refractivity contribution is -0.136. The van der Waals surface area contributed by atoms with Crippen LogP contribution in [0.3, 0.4) is 0 Å². The number of hydrogen-bond donors (Lipinski definition) is 2. The van der Waals surface area contributed by atoms with E-state index in [-0.39, 0.29) is 33.7 Å². The molecular weight excluding hydrogens is 424 g/mol. The number of nitrogens with one attached hydrogen (secondary N) is 1. The van der Waals surface area contributed by atoms with Gasteiger partial charge < -0.3 is 10.4 Å². The van der Waals surface area contributed by atoms with Gasteiger partial charge in [-0.25, -0.2) is 13.4 Å². The standard InChI is InChI=1S/C22H23ClN2O4S/c23-17-4-5-19(24-12-17)30(28,29)18-3-1-2-14(8-18)21(26)25-20-15-6-13-7-16(20)11-22(27,9-13)10-15/h1-5,8,12-13,15-16,20,27H,6-7,9-11H2,(H,25,26). The summed E-state index contributed by atoms with van der Waals surface area (Å²) in [4.78, 5) is 16.9. The molecule has 6 nitrogen and oxygen atoms in total. The molecule has 6 rings (SSSR count). The molecule has 0 aliphatic heterocycles. The summed E-state index contributed by atoms with van der Waals surface area (Å²) in [5.74, 6) is 0.854. The van der Waals surface area contributed by atoms with Crippen LogP contribution in [0.2, 0.25) is 5.02 Å². The lowest BCUT2D eigenvalue weighted by atomic mass is 9.52. The van der Waals surface area contributed by atoms with Crippen LogP contribution in [0.1, 0.15) is 42.5 Å². The number of sulfone groups is 1. The second-order valence-corrected chi connectivity index (χ2v) is 11.4. The van der Waals surface area contributed by atoms with Gasteiger partial charge in [-0.3, -0.25) is 4.79 Å². The van der Waals surface area contributed by atoms with Gasteiger partial charge in [0.25, 0.3) is 5.91 Å². The molecule has 1 aromatic carbocycles. The maximum absolute atomic E-state index is 13.0. The molecule has 1 aromatic heterocycles. The molecule has 1 heterocycles. The summed E-state index contributed by atoms with van der Waals surface area (Å²) in [6.07, 6.45) is 5.73. The van der Waals surface area contributed by atoms with E-state index in [0.717, 1.165) is 32.1 Å². The van der Waals surface area contributed by atoms with Crippen LogP contribution in [0.5, 0.6) is 0 Å². The largest absolute Gasteiger partial charge is 0.390 e. The average Bonchev–Trinajstić information content (AvgIpc) is 2.70. The summed E-state index contributed by atoms with van der Waals surface area (Å²) >= 11 is 5.80. The topological polar surface area (TPSA) is 96.4 Å². The van der Waals surface area contributed by atoms with Gasteiger partial charge in [0.15, 0.2) is 5.03 Å². The van der Waals surface area contributed by atoms with Gasteiger partial charge in [0, 0.05) is 17.8 Å². The van der Waals surface area contributed by atoms with Crippen LogP contribution in [-0.4, -0.2) is 36.1 Å². The Morgan fingerprint density at radius 1 is 1.13 bits per heavy atom. The van der Waals surface area contributed by atoms with Crippen LogP contribution in [0.4, 0.5) is 0 Å². The smallest absolute Gasteiger partial charge is 0.251 e. The molecule has 158 valence electrons. The van der Waals surface area contributed by atoms with Crippen LogP contribution >= 0.6 is 11.6 Å². The molecule has 4 saturated carbocycles.